The lowest BCUT2D eigenvalue weighted by atomic mass is 9.98. The number of nitrogens with zero attached hydrogens (tertiary/aromatic N) is 1. The Morgan fingerprint density at radius 1 is 1.10 bits per heavy atom. The number of aliphatic carboxylic acids is 1. The average Bonchev–Trinajstić information content (AvgIpc) is 2.81. The lowest BCUT2D eigenvalue weighted by Gasteiger charge is -2.31. The Bertz CT molecular complexity index is 565. The minimum Gasteiger partial charge on any atom is -0.480 e. The molecule has 0 aliphatic carbocycles. The van der Waals surface area contributed by atoms with E-state index in [0.29, 0.717) is 24.9 Å². The van der Waals surface area contributed by atoms with E-state index in [1.165, 1.54) is 36.1 Å². The lowest BCUT2D eigenvalue weighted by Crippen LogP contribution is -2.50. The van der Waals surface area contributed by atoms with E-state index in [1.54, 1.807) is 0 Å². The topological polar surface area (TPSA) is 94.9 Å². The Morgan fingerprint density at radius 3 is 2.15 bits per heavy atom. The number of aromatic carboxylic acids is 1. The molecule has 1 atom stereocenters. The summed E-state index contributed by atoms with van der Waals surface area (Å²) in [4.78, 5) is 35.8. The van der Waals surface area contributed by atoms with Gasteiger partial charge in [-0.1, -0.05) is 0 Å². The SMILES string of the molecule is CC1(C(=O)O)CCCN1C(=O)c1ccc(C(=O)O)cc1. The predicted octanol–water partition coefficient (Wildman–Crippen LogP) is 1.46. The van der Waals surface area contributed by atoms with Crippen molar-refractivity contribution in [1.82, 2.24) is 4.90 Å². The normalized spacial score (nSPS) is 21.8. The van der Waals surface area contributed by atoms with Gasteiger partial charge in [0, 0.05) is 12.1 Å². The third kappa shape index (κ3) is 2.24. The summed E-state index contributed by atoms with van der Waals surface area (Å²) in [5, 5.41) is 18.1. The molecule has 6 heteroatoms. The number of carbonyl (C=O) groups excluding carboxylic acids is 1. The minimum atomic E-state index is -1.19. The number of carboxylic acids is 2. The first kappa shape index (κ1) is 14.0. The van der Waals surface area contributed by atoms with Crippen molar-refractivity contribution in [2.24, 2.45) is 0 Å². The van der Waals surface area contributed by atoms with Gasteiger partial charge in [0.2, 0.25) is 0 Å². The first-order valence-corrected chi connectivity index (χ1v) is 6.25. The average molecular weight is 277 g/mol. The van der Waals surface area contributed by atoms with Gasteiger partial charge in [0.15, 0.2) is 0 Å². The molecule has 1 amide bonds. The molecule has 20 heavy (non-hydrogen) atoms. The Morgan fingerprint density at radius 2 is 1.65 bits per heavy atom. The number of carboxylic acid groups (broad SMARTS) is 2. The van der Waals surface area contributed by atoms with Gasteiger partial charge in [-0.05, 0) is 44.0 Å². The van der Waals surface area contributed by atoms with Gasteiger partial charge in [0.25, 0.3) is 5.91 Å². The summed E-state index contributed by atoms with van der Waals surface area (Å²) in [7, 11) is 0. The highest BCUT2D eigenvalue weighted by atomic mass is 16.4. The van der Waals surface area contributed by atoms with Crippen LogP contribution >= 0.6 is 0 Å². The van der Waals surface area contributed by atoms with Crippen LogP contribution in [0.1, 0.15) is 40.5 Å². The van der Waals surface area contributed by atoms with Crippen molar-refractivity contribution in [3.05, 3.63) is 35.4 Å². The maximum absolute atomic E-state index is 12.4. The molecule has 6 nitrogen and oxygen atoms in total. The molecule has 0 radical (unpaired) electrons. The molecular weight excluding hydrogens is 262 g/mol. The second-order valence-corrected chi connectivity index (χ2v) is 5.02. The fraction of sp³-hybridized carbons (Fsp3) is 0.357. The molecule has 1 aromatic rings. The van der Waals surface area contributed by atoms with Gasteiger partial charge in [-0.15, -0.1) is 0 Å². The number of likely N-dealkylation sites (tertiary alicyclic amines) is 1. The van der Waals surface area contributed by atoms with E-state index in [0.717, 1.165) is 0 Å². The summed E-state index contributed by atoms with van der Waals surface area (Å²) in [6.07, 6.45) is 1.06. The van der Waals surface area contributed by atoms with Crippen molar-refractivity contribution in [1.29, 1.82) is 0 Å². The molecule has 1 aromatic carbocycles. The molecule has 0 bridgehead atoms. The van der Waals surface area contributed by atoms with E-state index in [4.69, 9.17) is 5.11 Å². The van der Waals surface area contributed by atoms with Crippen molar-refractivity contribution in [3.63, 3.8) is 0 Å². The molecule has 106 valence electrons. The molecule has 1 heterocycles. The van der Waals surface area contributed by atoms with E-state index in [9.17, 15) is 19.5 Å². The summed E-state index contributed by atoms with van der Waals surface area (Å²) >= 11 is 0. The van der Waals surface area contributed by atoms with Gasteiger partial charge < -0.3 is 15.1 Å². The molecule has 1 aliphatic rings. The van der Waals surface area contributed by atoms with Gasteiger partial charge in [-0.2, -0.15) is 0 Å². The van der Waals surface area contributed by atoms with Crippen LogP contribution in [0.2, 0.25) is 0 Å². The number of hydrogen-bond acceptors (Lipinski definition) is 3. The summed E-state index contributed by atoms with van der Waals surface area (Å²) in [6, 6.07) is 5.49. The first-order valence-electron chi connectivity index (χ1n) is 6.25. The van der Waals surface area contributed by atoms with Gasteiger partial charge in [0.05, 0.1) is 5.56 Å². The van der Waals surface area contributed by atoms with E-state index in [1.807, 2.05) is 0 Å². The zero-order valence-corrected chi connectivity index (χ0v) is 11.0. The van der Waals surface area contributed by atoms with E-state index >= 15 is 0 Å². The summed E-state index contributed by atoms with van der Waals surface area (Å²) in [5.41, 5.74) is -0.809. The molecule has 1 saturated heterocycles. The predicted molar refractivity (Wildman–Crippen MR) is 69.7 cm³/mol. The largest absolute Gasteiger partial charge is 0.480 e. The van der Waals surface area contributed by atoms with Gasteiger partial charge >= 0.3 is 11.9 Å². The van der Waals surface area contributed by atoms with E-state index in [2.05, 4.69) is 0 Å². The second-order valence-electron chi connectivity index (χ2n) is 5.02. The molecule has 0 aromatic heterocycles. The Balaban J connectivity index is 2.27. The molecule has 1 aliphatic heterocycles. The number of benzene rings is 1. The maximum atomic E-state index is 12.4. The molecule has 0 spiro atoms. The van der Waals surface area contributed by atoms with Crippen LogP contribution in [0, 0.1) is 0 Å². The highest BCUT2D eigenvalue weighted by Crippen LogP contribution is 2.30. The zero-order valence-electron chi connectivity index (χ0n) is 11.0. The van der Waals surface area contributed by atoms with Crippen molar-refractivity contribution in [3.8, 4) is 0 Å². The quantitative estimate of drug-likeness (QED) is 0.872. The van der Waals surface area contributed by atoms with E-state index in [-0.39, 0.29) is 11.5 Å². The van der Waals surface area contributed by atoms with Crippen molar-refractivity contribution < 1.29 is 24.6 Å². The smallest absolute Gasteiger partial charge is 0.335 e. The standard InChI is InChI=1S/C14H15NO5/c1-14(13(19)20)7-2-8-15(14)11(16)9-3-5-10(6-4-9)12(17)18/h3-6H,2,7-8H2,1H3,(H,17,18)(H,19,20). The number of amides is 1. The van der Waals surface area contributed by atoms with Crippen molar-refractivity contribution in [2.75, 3.05) is 6.54 Å². The molecule has 2 rings (SSSR count). The number of rotatable bonds is 3. The highest BCUT2D eigenvalue weighted by molar-refractivity contribution is 5.99. The third-order valence-corrected chi connectivity index (χ3v) is 3.73. The van der Waals surface area contributed by atoms with Crippen LogP contribution in [0.3, 0.4) is 0 Å². The van der Waals surface area contributed by atoms with Crippen LogP contribution in [0.15, 0.2) is 24.3 Å². The monoisotopic (exact) mass is 277 g/mol. The Kier molecular flexibility index (Phi) is 3.48. The lowest BCUT2D eigenvalue weighted by molar-refractivity contribution is -0.147. The van der Waals surface area contributed by atoms with Crippen molar-refractivity contribution >= 4 is 17.8 Å². The van der Waals surface area contributed by atoms with Gasteiger partial charge in [0.1, 0.15) is 5.54 Å². The van der Waals surface area contributed by atoms with Gasteiger partial charge in [-0.25, -0.2) is 9.59 Å². The molecule has 2 N–H and O–H groups in total. The third-order valence-electron chi connectivity index (χ3n) is 3.73. The molecule has 0 saturated carbocycles. The maximum Gasteiger partial charge on any atom is 0.335 e. The molecule has 1 fully saturated rings. The molecule has 1 unspecified atom stereocenters. The summed E-state index contributed by atoms with van der Waals surface area (Å²) in [5.74, 6) is -2.48. The number of carbonyl (C=O) groups is 3. The fourth-order valence-corrected chi connectivity index (χ4v) is 2.42. The minimum absolute atomic E-state index is 0.0870. The van der Waals surface area contributed by atoms with Crippen LogP contribution in [0.5, 0.6) is 0 Å². The van der Waals surface area contributed by atoms with Gasteiger partial charge in [-0.3, -0.25) is 4.79 Å². The van der Waals surface area contributed by atoms with Crippen LogP contribution in [-0.4, -0.2) is 45.0 Å². The fourth-order valence-electron chi connectivity index (χ4n) is 2.42. The van der Waals surface area contributed by atoms with Crippen LogP contribution in [0.4, 0.5) is 0 Å². The zero-order chi connectivity index (χ0) is 14.9. The summed E-state index contributed by atoms with van der Waals surface area (Å²) < 4.78 is 0. The highest BCUT2D eigenvalue weighted by Gasteiger charge is 2.46. The van der Waals surface area contributed by atoms with Crippen LogP contribution in [0.25, 0.3) is 0 Å². The van der Waals surface area contributed by atoms with Crippen LogP contribution < -0.4 is 0 Å². The van der Waals surface area contributed by atoms with Crippen LogP contribution in [-0.2, 0) is 4.79 Å². The number of hydrogen-bond donors (Lipinski definition) is 2. The first-order chi connectivity index (χ1) is 9.36. The Labute approximate surface area is 115 Å². The second kappa shape index (κ2) is 4.96. The Hall–Kier alpha value is -2.37. The van der Waals surface area contributed by atoms with Crippen molar-refractivity contribution in [2.45, 2.75) is 25.3 Å². The summed E-state index contributed by atoms with van der Waals surface area (Å²) in [6.45, 7) is 1.92. The molecular formula is C14H15NO5. The van der Waals surface area contributed by atoms with E-state index < -0.39 is 17.5 Å².